The molecule has 0 N–H and O–H groups in total. The molecule has 4 heteroatoms. The fourth-order valence-electron chi connectivity index (χ4n) is 2.89. The van der Waals surface area contributed by atoms with Crippen LogP contribution in [0.5, 0.6) is 0 Å². The van der Waals surface area contributed by atoms with Gasteiger partial charge in [0.15, 0.2) is 0 Å². The first-order valence-corrected chi connectivity index (χ1v) is 9.43. The van der Waals surface area contributed by atoms with Crippen molar-refractivity contribution < 1.29 is 14.3 Å². The lowest BCUT2D eigenvalue weighted by Gasteiger charge is -2.22. The quantitative estimate of drug-likeness (QED) is 0.624. The third-order valence-corrected chi connectivity index (χ3v) is 4.64. The molecule has 2 rings (SSSR count). The summed E-state index contributed by atoms with van der Waals surface area (Å²) in [7, 11) is 1.37. The fourth-order valence-corrected chi connectivity index (χ4v) is 2.89. The van der Waals surface area contributed by atoms with Crippen LogP contribution in [-0.2, 0) is 27.3 Å². The molecular formula is C23H29NO3. The van der Waals surface area contributed by atoms with Crippen molar-refractivity contribution in [3.05, 3.63) is 70.8 Å². The first-order valence-electron chi connectivity index (χ1n) is 9.43. The van der Waals surface area contributed by atoms with Gasteiger partial charge in [-0.05, 0) is 37.8 Å². The number of ether oxygens (including phenoxy) is 1. The number of rotatable bonds is 9. The van der Waals surface area contributed by atoms with Crippen molar-refractivity contribution in [2.75, 3.05) is 13.7 Å². The van der Waals surface area contributed by atoms with Gasteiger partial charge in [0.2, 0.25) is 5.91 Å². The van der Waals surface area contributed by atoms with Gasteiger partial charge in [-0.25, -0.2) is 0 Å². The average Bonchev–Trinajstić information content (AvgIpc) is 2.67. The van der Waals surface area contributed by atoms with E-state index >= 15 is 0 Å². The van der Waals surface area contributed by atoms with Gasteiger partial charge in [-0.2, -0.15) is 0 Å². The van der Waals surface area contributed by atoms with Gasteiger partial charge in [-0.3, -0.25) is 9.59 Å². The second kappa shape index (κ2) is 10.5. The smallest absolute Gasteiger partial charge is 0.307 e. The van der Waals surface area contributed by atoms with Crippen LogP contribution in [0, 0.1) is 13.8 Å². The van der Waals surface area contributed by atoms with E-state index in [1.807, 2.05) is 31.2 Å². The van der Waals surface area contributed by atoms with Gasteiger partial charge in [0.1, 0.15) is 0 Å². The van der Waals surface area contributed by atoms with Crippen molar-refractivity contribution in [2.45, 2.75) is 46.1 Å². The summed E-state index contributed by atoms with van der Waals surface area (Å²) in [6, 6.07) is 16.5. The highest BCUT2D eigenvalue weighted by atomic mass is 16.5. The first-order chi connectivity index (χ1) is 13.0. The van der Waals surface area contributed by atoms with E-state index in [-0.39, 0.29) is 18.3 Å². The number of esters is 1. The largest absolute Gasteiger partial charge is 0.469 e. The van der Waals surface area contributed by atoms with Crippen LogP contribution in [0.2, 0.25) is 0 Å². The van der Waals surface area contributed by atoms with Crippen molar-refractivity contribution in [2.24, 2.45) is 0 Å². The minimum atomic E-state index is -0.295. The lowest BCUT2D eigenvalue weighted by Crippen LogP contribution is -2.32. The number of hydrogen-bond acceptors (Lipinski definition) is 3. The van der Waals surface area contributed by atoms with Crippen LogP contribution in [-0.4, -0.2) is 30.4 Å². The summed E-state index contributed by atoms with van der Waals surface area (Å²) in [6.07, 6.45) is 2.36. The van der Waals surface area contributed by atoms with E-state index in [9.17, 15) is 9.59 Å². The number of aryl methyl sites for hydroxylation is 3. The zero-order chi connectivity index (χ0) is 19.6. The average molecular weight is 367 g/mol. The molecule has 0 radical (unpaired) electrons. The van der Waals surface area contributed by atoms with Crippen LogP contribution in [0.15, 0.2) is 48.5 Å². The Labute approximate surface area is 162 Å². The predicted octanol–water partition coefficient (Wildman–Crippen LogP) is 4.22. The van der Waals surface area contributed by atoms with Crippen LogP contribution in [0.1, 0.15) is 41.5 Å². The number of methoxy groups -OCH3 is 1. The Balaban J connectivity index is 1.93. The van der Waals surface area contributed by atoms with E-state index in [2.05, 4.69) is 31.2 Å². The Morgan fingerprint density at radius 3 is 1.96 bits per heavy atom. The molecule has 0 unspecified atom stereocenters. The van der Waals surface area contributed by atoms with Gasteiger partial charge in [0, 0.05) is 19.5 Å². The van der Waals surface area contributed by atoms with Crippen LogP contribution in [0.4, 0.5) is 0 Å². The zero-order valence-electron chi connectivity index (χ0n) is 16.5. The number of nitrogens with zero attached hydrogens (tertiary/aromatic N) is 1. The van der Waals surface area contributed by atoms with Gasteiger partial charge in [0.25, 0.3) is 0 Å². The number of benzene rings is 2. The molecule has 0 heterocycles. The molecule has 2 aromatic rings. The third-order valence-electron chi connectivity index (χ3n) is 4.64. The summed E-state index contributed by atoms with van der Waals surface area (Å²) >= 11 is 0. The van der Waals surface area contributed by atoms with E-state index < -0.39 is 0 Å². The second-order valence-electron chi connectivity index (χ2n) is 6.97. The SMILES string of the molecule is COC(=O)CCN(Cc1ccc(C)cc1)C(=O)CCCc1ccc(C)cc1. The standard InChI is InChI=1S/C23H29NO3/c1-18-7-11-20(12-8-18)5-4-6-22(25)24(16-15-23(26)27-3)17-21-13-9-19(2)10-14-21/h7-14H,4-6,15-17H2,1-3H3. The second-order valence-corrected chi connectivity index (χ2v) is 6.97. The van der Waals surface area contributed by atoms with Crippen LogP contribution >= 0.6 is 0 Å². The molecule has 0 spiro atoms. The third kappa shape index (κ3) is 7.26. The zero-order valence-corrected chi connectivity index (χ0v) is 16.5. The predicted molar refractivity (Wildman–Crippen MR) is 107 cm³/mol. The normalized spacial score (nSPS) is 10.5. The molecule has 1 amide bonds. The maximum Gasteiger partial charge on any atom is 0.307 e. The first kappa shape index (κ1) is 20.7. The van der Waals surface area contributed by atoms with Crippen molar-refractivity contribution >= 4 is 11.9 Å². The molecule has 0 aromatic heterocycles. The summed E-state index contributed by atoms with van der Waals surface area (Å²) in [5.41, 5.74) is 4.73. The molecule has 27 heavy (non-hydrogen) atoms. The van der Waals surface area contributed by atoms with Crippen LogP contribution in [0.25, 0.3) is 0 Å². The Morgan fingerprint density at radius 1 is 0.852 bits per heavy atom. The van der Waals surface area contributed by atoms with E-state index in [1.54, 1.807) is 4.90 Å². The Kier molecular flexibility index (Phi) is 8.05. The lowest BCUT2D eigenvalue weighted by atomic mass is 10.1. The van der Waals surface area contributed by atoms with E-state index in [1.165, 1.54) is 23.8 Å². The molecule has 0 bridgehead atoms. The Morgan fingerprint density at radius 2 is 1.41 bits per heavy atom. The summed E-state index contributed by atoms with van der Waals surface area (Å²) in [4.78, 5) is 26.0. The highest BCUT2D eigenvalue weighted by Crippen LogP contribution is 2.12. The Bertz CT molecular complexity index is 735. The van der Waals surface area contributed by atoms with Crippen LogP contribution in [0.3, 0.4) is 0 Å². The van der Waals surface area contributed by atoms with Gasteiger partial charge >= 0.3 is 5.97 Å². The van der Waals surface area contributed by atoms with Gasteiger partial charge in [-0.1, -0.05) is 59.7 Å². The minimum absolute atomic E-state index is 0.0755. The molecular weight excluding hydrogens is 338 g/mol. The van der Waals surface area contributed by atoms with Gasteiger partial charge in [-0.15, -0.1) is 0 Å². The summed E-state index contributed by atoms with van der Waals surface area (Å²) in [5, 5.41) is 0. The topological polar surface area (TPSA) is 46.6 Å². The van der Waals surface area contributed by atoms with Gasteiger partial charge in [0.05, 0.1) is 13.5 Å². The van der Waals surface area contributed by atoms with Crippen molar-refractivity contribution in [3.8, 4) is 0 Å². The van der Waals surface area contributed by atoms with Crippen molar-refractivity contribution in [3.63, 3.8) is 0 Å². The number of carbonyl (C=O) groups excluding carboxylic acids is 2. The molecule has 0 aliphatic rings. The van der Waals surface area contributed by atoms with Crippen molar-refractivity contribution in [1.82, 2.24) is 4.90 Å². The van der Waals surface area contributed by atoms with E-state index in [4.69, 9.17) is 4.74 Å². The van der Waals surface area contributed by atoms with E-state index in [0.29, 0.717) is 19.5 Å². The maximum atomic E-state index is 12.7. The molecule has 0 fully saturated rings. The monoisotopic (exact) mass is 367 g/mol. The van der Waals surface area contributed by atoms with Crippen molar-refractivity contribution in [1.29, 1.82) is 0 Å². The maximum absolute atomic E-state index is 12.7. The molecule has 0 saturated heterocycles. The number of hydrogen-bond donors (Lipinski definition) is 0. The molecule has 0 atom stereocenters. The number of amides is 1. The lowest BCUT2D eigenvalue weighted by molar-refractivity contribution is -0.142. The van der Waals surface area contributed by atoms with Crippen LogP contribution < -0.4 is 0 Å². The molecule has 4 nitrogen and oxygen atoms in total. The minimum Gasteiger partial charge on any atom is -0.469 e. The highest BCUT2D eigenvalue weighted by molar-refractivity contribution is 5.77. The molecule has 144 valence electrons. The van der Waals surface area contributed by atoms with Gasteiger partial charge < -0.3 is 9.64 Å². The summed E-state index contributed by atoms with van der Waals surface area (Å²) in [6.45, 7) is 5.00. The fraction of sp³-hybridized carbons (Fsp3) is 0.391. The molecule has 0 aliphatic carbocycles. The summed E-state index contributed by atoms with van der Waals surface area (Å²) in [5.74, 6) is -0.219. The molecule has 0 aliphatic heterocycles. The van der Waals surface area contributed by atoms with E-state index in [0.717, 1.165) is 18.4 Å². The summed E-state index contributed by atoms with van der Waals surface area (Å²) < 4.78 is 4.72. The Hall–Kier alpha value is -2.62. The number of carbonyl (C=O) groups is 2. The molecule has 2 aromatic carbocycles. The molecule has 0 saturated carbocycles. The highest BCUT2D eigenvalue weighted by Gasteiger charge is 2.15.